The Morgan fingerprint density at radius 1 is 0.294 bits per heavy atom. The lowest BCUT2D eigenvalue weighted by molar-refractivity contribution is 0.590. The molecule has 426 valence electrons. The Hall–Kier alpha value is -8.71. The van der Waals surface area contributed by atoms with Crippen molar-refractivity contribution >= 4 is 65.4 Å². The predicted octanol–water partition coefficient (Wildman–Crippen LogP) is 21.2. The molecule has 12 aromatic rings. The SMILES string of the molecule is CC(C)(C)c1ccc2c(c1)c1cc(C(C)(C)C)ccc1n2-c1nc(-n2c3ccc(C(C)(C)C)cc3c3cc(C(C)(C)C)ccc32)c(-n2c3ccc(C(C)(C)C)cc3c3cc(C(C)(C)C)ccc32)c(-c2ccc(C#N)c(C#N)c2)c1-c1ccccc1. The molecule has 0 aliphatic carbocycles. The van der Waals surface area contributed by atoms with E-state index in [0.717, 1.165) is 105 Å². The highest BCUT2D eigenvalue weighted by Crippen LogP contribution is 2.51. The van der Waals surface area contributed by atoms with Crippen molar-refractivity contribution in [2.45, 2.75) is 157 Å². The van der Waals surface area contributed by atoms with Crippen LogP contribution in [0.1, 0.15) is 169 Å². The van der Waals surface area contributed by atoms with E-state index in [1.54, 1.807) is 0 Å². The summed E-state index contributed by atoms with van der Waals surface area (Å²) in [6.45, 7) is 41.2. The van der Waals surface area contributed by atoms with Crippen LogP contribution in [0.5, 0.6) is 0 Å². The van der Waals surface area contributed by atoms with Crippen LogP contribution in [0.15, 0.2) is 158 Å². The van der Waals surface area contributed by atoms with Crippen LogP contribution in [-0.4, -0.2) is 18.7 Å². The van der Waals surface area contributed by atoms with Crippen LogP contribution in [0.2, 0.25) is 0 Å². The first-order valence-electron chi connectivity index (χ1n) is 30.2. The Balaban J connectivity index is 1.42. The first-order chi connectivity index (χ1) is 39.9. The minimum Gasteiger partial charge on any atom is -0.305 e. The van der Waals surface area contributed by atoms with E-state index in [0.29, 0.717) is 11.1 Å². The first kappa shape index (κ1) is 56.8. The predicted molar refractivity (Wildman–Crippen MR) is 360 cm³/mol. The molecule has 0 aliphatic rings. The molecule has 0 N–H and O–H groups in total. The van der Waals surface area contributed by atoms with E-state index in [1.807, 2.05) is 12.1 Å². The van der Waals surface area contributed by atoms with Gasteiger partial charge in [0.05, 0.1) is 49.9 Å². The number of benzene rings is 8. The molecule has 0 atom stereocenters. The van der Waals surface area contributed by atoms with Crippen LogP contribution in [0, 0.1) is 22.7 Å². The molecule has 4 heterocycles. The van der Waals surface area contributed by atoms with Crippen molar-refractivity contribution in [3.8, 4) is 51.7 Å². The molecule has 12 rings (SSSR count). The maximum absolute atomic E-state index is 11.1. The molecule has 0 bridgehead atoms. The van der Waals surface area contributed by atoms with Crippen LogP contribution in [0.4, 0.5) is 0 Å². The third-order valence-electron chi connectivity index (χ3n) is 17.9. The van der Waals surface area contributed by atoms with Crippen LogP contribution in [0.3, 0.4) is 0 Å². The van der Waals surface area contributed by atoms with E-state index < -0.39 is 0 Å². The summed E-state index contributed by atoms with van der Waals surface area (Å²) in [5.41, 5.74) is 17.9. The maximum atomic E-state index is 11.1. The van der Waals surface area contributed by atoms with Gasteiger partial charge in [-0.25, -0.2) is 4.98 Å². The second-order valence-electron chi connectivity index (χ2n) is 30.1. The van der Waals surface area contributed by atoms with Gasteiger partial charge in [0, 0.05) is 43.4 Å². The van der Waals surface area contributed by atoms with E-state index in [-0.39, 0.29) is 32.5 Å². The molecule has 0 radical (unpaired) electrons. The molecule has 0 saturated carbocycles. The molecule has 0 spiro atoms. The molecular formula is C79H80N6. The number of rotatable bonds is 5. The topological polar surface area (TPSA) is 75.3 Å². The van der Waals surface area contributed by atoms with Crippen molar-refractivity contribution in [2.75, 3.05) is 0 Å². The third kappa shape index (κ3) is 9.50. The average Bonchev–Trinajstić information content (AvgIpc) is 1.69. The van der Waals surface area contributed by atoms with Gasteiger partial charge in [0.2, 0.25) is 0 Å². The summed E-state index contributed by atoms with van der Waals surface area (Å²) < 4.78 is 7.32. The van der Waals surface area contributed by atoms with Crippen molar-refractivity contribution in [1.82, 2.24) is 18.7 Å². The minimum absolute atomic E-state index is 0.117. The zero-order chi connectivity index (χ0) is 60.8. The number of fused-ring (bicyclic) bond motifs is 9. The van der Waals surface area contributed by atoms with Crippen molar-refractivity contribution in [3.05, 3.63) is 202 Å². The monoisotopic (exact) mass is 1110 g/mol. The van der Waals surface area contributed by atoms with E-state index >= 15 is 0 Å². The van der Waals surface area contributed by atoms with Crippen LogP contribution in [-0.2, 0) is 32.5 Å². The largest absolute Gasteiger partial charge is 0.305 e. The van der Waals surface area contributed by atoms with Gasteiger partial charge in [0.25, 0.3) is 0 Å². The van der Waals surface area contributed by atoms with Gasteiger partial charge in [-0.3, -0.25) is 9.13 Å². The summed E-state index contributed by atoms with van der Waals surface area (Å²) in [7, 11) is 0. The van der Waals surface area contributed by atoms with Gasteiger partial charge in [0.15, 0.2) is 5.82 Å². The summed E-state index contributed by atoms with van der Waals surface area (Å²) >= 11 is 0. The molecule has 6 nitrogen and oxygen atoms in total. The number of nitrogens with zero attached hydrogens (tertiary/aromatic N) is 6. The van der Waals surface area contributed by atoms with E-state index in [1.165, 1.54) is 33.4 Å². The Bertz CT molecular complexity index is 4610. The molecule has 0 unspecified atom stereocenters. The normalized spacial score (nSPS) is 13.0. The van der Waals surface area contributed by atoms with Crippen LogP contribution < -0.4 is 0 Å². The van der Waals surface area contributed by atoms with Gasteiger partial charge in [-0.15, -0.1) is 0 Å². The lowest BCUT2D eigenvalue weighted by Crippen LogP contribution is -2.15. The molecule has 0 saturated heterocycles. The van der Waals surface area contributed by atoms with Gasteiger partial charge >= 0.3 is 0 Å². The average molecular weight is 1110 g/mol. The molecule has 4 aromatic heterocycles. The van der Waals surface area contributed by atoms with Gasteiger partial charge in [0.1, 0.15) is 18.0 Å². The van der Waals surface area contributed by atoms with E-state index in [9.17, 15) is 10.5 Å². The highest BCUT2D eigenvalue weighted by atomic mass is 15.2. The number of aromatic nitrogens is 4. The van der Waals surface area contributed by atoms with Crippen molar-refractivity contribution < 1.29 is 0 Å². The number of nitriles is 2. The molecule has 0 fully saturated rings. The first-order valence-corrected chi connectivity index (χ1v) is 30.2. The van der Waals surface area contributed by atoms with Gasteiger partial charge in [-0.1, -0.05) is 197 Å². The summed E-state index contributed by atoms with van der Waals surface area (Å²) in [4.78, 5) is 6.45. The zero-order valence-electron chi connectivity index (χ0n) is 53.2. The summed E-state index contributed by atoms with van der Waals surface area (Å²) in [6, 6.07) is 63.5. The standard InChI is InChI=1S/C79H80N6/c1-74(2,3)51-26-32-63-57(39-51)58-40-52(75(4,5)6)27-33-64(58)83(63)71-69(48-24-25-49(45-80)50(38-48)46-81)70(47-22-20-19-21-23-47)72(84-65-34-28-53(76(7,8)9)41-59(65)60-42-54(77(10,11)12)29-35-66(60)84)82-73(71)85-67-36-30-55(78(13,14)15)43-61(67)62-44-56(79(16,17)18)31-37-68(62)85/h19-44H,1-18H3. The Morgan fingerprint density at radius 2 is 0.600 bits per heavy atom. The number of hydrogen-bond acceptors (Lipinski definition) is 3. The fourth-order valence-electron chi connectivity index (χ4n) is 12.7. The summed E-state index contributed by atoms with van der Waals surface area (Å²) in [6.07, 6.45) is 0. The Morgan fingerprint density at radius 3 is 0.906 bits per heavy atom. The Kier molecular flexibility index (Phi) is 13.0. The molecule has 0 aliphatic heterocycles. The molecular weight excluding hydrogens is 1030 g/mol. The fraction of sp³-hybridized carbons (Fsp3) is 0.304. The van der Waals surface area contributed by atoms with Crippen molar-refractivity contribution in [1.29, 1.82) is 10.5 Å². The van der Waals surface area contributed by atoms with E-state index in [2.05, 4.69) is 296 Å². The second kappa shape index (κ2) is 19.4. The number of hydrogen-bond donors (Lipinski definition) is 0. The highest BCUT2D eigenvalue weighted by Gasteiger charge is 2.34. The number of pyridine rings is 1. The highest BCUT2D eigenvalue weighted by molar-refractivity contribution is 6.15. The molecule has 8 aromatic carbocycles. The summed E-state index contributed by atoms with van der Waals surface area (Å²) in [5.74, 6) is 1.47. The van der Waals surface area contributed by atoms with Gasteiger partial charge < -0.3 is 4.57 Å². The zero-order valence-corrected chi connectivity index (χ0v) is 53.2. The quantitative estimate of drug-likeness (QED) is 0.172. The maximum Gasteiger partial charge on any atom is 0.165 e. The van der Waals surface area contributed by atoms with Gasteiger partial charge in [-0.05, 0) is 162 Å². The lowest BCUT2D eigenvalue weighted by Gasteiger charge is -2.27. The Labute approximate surface area is 503 Å². The lowest BCUT2D eigenvalue weighted by atomic mass is 9.85. The molecule has 6 heteroatoms. The molecule has 0 amide bonds. The van der Waals surface area contributed by atoms with Crippen molar-refractivity contribution in [3.63, 3.8) is 0 Å². The summed E-state index contributed by atoms with van der Waals surface area (Å²) in [5, 5.41) is 28.6. The fourth-order valence-corrected chi connectivity index (χ4v) is 12.7. The van der Waals surface area contributed by atoms with E-state index in [4.69, 9.17) is 4.98 Å². The van der Waals surface area contributed by atoms with Crippen LogP contribution in [0.25, 0.3) is 105 Å². The van der Waals surface area contributed by atoms with Gasteiger partial charge in [-0.2, -0.15) is 10.5 Å². The second-order valence-corrected chi connectivity index (χ2v) is 30.1. The smallest absolute Gasteiger partial charge is 0.165 e. The third-order valence-corrected chi connectivity index (χ3v) is 17.9. The minimum atomic E-state index is -0.134. The van der Waals surface area contributed by atoms with Crippen LogP contribution >= 0.6 is 0 Å². The molecule has 85 heavy (non-hydrogen) atoms. The van der Waals surface area contributed by atoms with Crippen molar-refractivity contribution in [2.24, 2.45) is 0 Å².